The summed E-state index contributed by atoms with van der Waals surface area (Å²) in [4.78, 5) is 4.10. The van der Waals surface area contributed by atoms with Crippen LogP contribution < -0.4 is 10.1 Å². The maximum absolute atomic E-state index is 12.6. The Morgan fingerprint density at radius 1 is 1.24 bits per heavy atom. The second-order valence-corrected chi connectivity index (χ2v) is 6.06. The molecule has 0 saturated carbocycles. The zero-order valence-corrected chi connectivity index (χ0v) is 13.1. The van der Waals surface area contributed by atoms with Gasteiger partial charge in [0.2, 0.25) is 5.88 Å². The zero-order chi connectivity index (χ0) is 16.3. The third kappa shape index (κ3) is 6.33. The van der Waals surface area contributed by atoms with Gasteiger partial charge in [-0.1, -0.05) is 6.92 Å². The first kappa shape index (κ1) is 17.8. The molecule has 0 saturated heterocycles. The minimum absolute atomic E-state index is 0.0184. The third-order valence-corrected chi connectivity index (χ3v) is 2.86. The second kappa shape index (κ2) is 6.64. The van der Waals surface area contributed by atoms with Crippen LogP contribution in [0, 0.1) is 0 Å². The zero-order valence-electron chi connectivity index (χ0n) is 13.1. The maximum atomic E-state index is 12.6. The number of pyridine rings is 1. The molecule has 0 aliphatic heterocycles. The molecular formula is C15H23F3N2O. The van der Waals surface area contributed by atoms with Crippen molar-refractivity contribution in [2.75, 3.05) is 0 Å². The molecule has 0 aliphatic rings. The highest BCUT2D eigenvalue weighted by atomic mass is 19.4. The molecule has 0 radical (unpaired) electrons. The number of ether oxygens (including phenoxy) is 1. The lowest BCUT2D eigenvalue weighted by Crippen LogP contribution is -2.35. The summed E-state index contributed by atoms with van der Waals surface area (Å²) in [6.45, 7) is 9.51. The lowest BCUT2D eigenvalue weighted by Gasteiger charge is -2.21. The Morgan fingerprint density at radius 2 is 1.86 bits per heavy atom. The number of rotatable bonds is 5. The van der Waals surface area contributed by atoms with Gasteiger partial charge in [-0.05, 0) is 45.7 Å². The van der Waals surface area contributed by atoms with Gasteiger partial charge in [-0.15, -0.1) is 0 Å². The number of nitrogens with one attached hydrogen (secondary N) is 1. The predicted molar refractivity (Wildman–Crippen MR) is 76.4 cm³/mol. The molecule has 6 heteroatoms. The van der Waals surface area contributed by atoms with E-state index in [4.69, 9.17) is 4.74 Å². The summed E-state index contributed by atoms with van der Waals surface area (Å²) in [5.41, 5.74) is 1.50. The maximum Gasteiger partial charge on any atom is 0.425 e. The van der Waals surface area contributed by atoms with E-state index < -0.39 is 12.3 Å². The molecule has 0 bridgehead atoms. The fourth-order valence-electron chi connectivity index (χ4n) is 1.58. The Morgan fingerprint density at radius 3 is 2.33 bits per heavy atom. The molecular weight excluding hydrogens is 281 g/mol. The number of aromatic nitrogens is 1. The number of aryl methyl sites for hydroxylation is 1. The summed E-state index contributed by atoms with van der Waals surface area (Å²) >= 11 is 0. The summed E-state index contributed by atoms with van der Waals surface area (Å²) in [6, 6.07) is 3.43. The van der Waals surface area contributed by atoms with E-state index in [2.05, 4.69) is 10.3 Å². The first-order chi connectivity index (χ1) is 9.51. The van der Waals surface area contributed by atoms with Crippen molar-refractivity contribution < 1.29 is 17.9 Å². The predicted octanol–water partition coefficient (Wildman–Crippen LogP) is 3.86. The molecule has 0 amide bonds. The van der Waals surface area contributed by atoms with Crippen LogP contribution in [0.1, 0.15) is 45.9 Å². The van der Waals surface area contributed by atoms with Crippen LogP contribution >= 0.6 is 0 Å². The minimum atomic E-state index is -4.40. The molecule has 1 atom stereocenters. The fourth-order valence-corrected chi connectivity index (χ4v) is 1.58. The SMILES string of the molecule is CCc1cc(CNC(C)(C)C)cc(OC(C)C(F)(F)F)n1. The van der Waals surface area contributed by atoms with E-state index in [1.54, 1.807) is 6.07 Å². The van der Waals surface area contributed by atoms with Crippen LogP contribution in [0.2, 0.25) is 0 Å². The molecule has 1 aromatic rings. The number of hydrogen-bond acceptors (Lipinski definition) is 3. The highest BCUT2D eigenvalue weighted by molar-refractivity contribution is 5.25. The lowest BCUT2D eigenvalue weighted by molar-refractivity contribution is -0.190. The minimum Gasteiger partial charge on any atom is -0.465 e. The number of halogens is 3. The molecule has 21 heavy (non-hydrogen) atoms. The van der Waals surface area contributed by atoms with Gasteiger partial charge in [-0.25, -0.2) is 4.98 Å². The highest BCUT2D eigenvalue weighted by Crippen LogP contribution is 2.25. The fraction of sp³-hybridized carbons (Fsp3) is 0.667. The van der Waals surface area contributed by atoms with E-state index >= 15 is 0 Å². The molecule has 0 aromatic carbocycles. The highest BCUT2D eigenvalue weighted by Gasteiger charge is 2.38. The number of hydrogen-bond donors (Lipinski definition) is 1. The van der Waals surface area contributed by atoms with E-state index in [1.165, 1.54) is 0 Å². The molecule has 0 fully saturated rings. The summed E-state index contributed by atoms with van der Waals surface area (Å²) < 4.78 is 42.6. The van der Waals surface area contributed by atoms with Crippen molar-refractivity contribution in [2.24, 2.45) is 0 Å². The van der Waals surface area contributed by atoms with Gasteiger partial charge in [0.05, 0.1) is 0 Å². The van der Waals surface area contributed by atoms with Crippen LogP contribution in [0.3, 0.4) is 0 Å². The summed E-state index contributed by atoms with van der Waals surface area (Å²) in [5, 5.41) is 3.29. The molecule has 1 N–H and O–H groups in total. The van der Waals surface area contributed by atoms with Gasteiger partial charge in [0.1, 0.15) is 0 Å². The molecule has 1 unspecified atom stereocenters. The third-order valence-electron chi connectivity index (χ3n) is 2.86. The Kier molecular flexibility index (Phi) is 5.61. The van der Waals surface area contributed by atoms with Crippen molar-refractivity contribution in [3.05, 3.63) is 23.4 Å². The van der Waals surface area contributed by atoms with E-state index in [0.717, 1.165) is 12.5 Å². The van der Waals surface area contributed by atoms with Crippen LogP contribution in [-0.2, 0) is 13.0 Å². The molecule has 1 rings (SSSR count). The number of alkyl halides is 3. The van der Waals surface area contributed by atoms with Gasteiger partial charge >= 0.3 is 6.18 Å². The summed E-state index contributed by atoms with van der Waals surface area (Å²) in [6.07, 6.45) is -5.63. The Hall–Kier alpha value is -1.30. The van der Waals surface area contributed by atoms with Gasteiger partial charge in [0.15, 0.2) is 6.10 Å². The Balaban J connectivity index is 2.90. The number of nitrogens with zero attached hydrogens (tertiary/aromatic N) is 1. The quantitative estimate of drug-likeness (QED) is 0.897. The first-order valence-corrected chi connectivity index (χ1v) is 6.99. The standard InChI is InChI=1S/C15H23F3N2O/c1-6-12-7-11(9-19-14(3,4)5)8-13(20-12)21-10(2)15(16,17)18/h7-8,10,19H,6,9H2,1-5H3. The topological polar surface area (TPSA) is 34.1 Å². The van der Waals surface area contributed by atoms with Crippen LogP contribution in [0.5, 0.6) is 5.88 Å². The molecule has 0 aliphatic carbocycles. The van der Waals surface area contributed by atoms with Gasteiger partial charge in [0.25, 0.3) is 0 Å². The summed E-state index contributed by atoms with van der Waals surface area (Å²) in [5.74, 6) is 0.0184. The Labute approximate surface area is 123 Å². The van der Waals surface area contributed by atoms with E-state index in [1.807, 2.05) is 33.8 Å². The molecule has 0 spiro atoms. The van der Waals surface area contributed by atoms with Gasteiger partial charge in [0, 0.05) is 23.8 Å². The first-order valence-electron chi connectivity index (χ1n) is 6.99. The van der Waals surface area contributed by atoms with Crippen LogP contribution in [-0.4, -0.2) is 22.8 Å². The molecule has 1 heterocycles. The van der Waals surface area contributed by atoms with Crippen molar-refractivity contribution in [2.45, 2.75) is 65.4 Å². The Bertz CT molecular complexity index is 467. The van der Waals surface area contributed by atoms with Gasteiger partial charge in [-0.3, -0.25) is 0 Å². The van der Waals surface area contributed by atoms with Crippen molar-refractivity contribution in [3.8, 4) is 5.88 Å². The molecule has 120 valence electrons. The van der Waals surface area contributed by atoms with Crippen LogP contribution in [0.25, 0.3) is 0 Å². The monoisotopic (exact) mass is 304 g/mol. The van der Waals surface area contributed by atoms with Crippen molar-refractivity contribution in [3.63, 3.8) is 0 Å². The summed E-state index contributed by atoms with van der Waals surface area (Å²) in [7, 11) is 0. The molecule has 3 nitrogen and oxygen atoms in total. The van der Waals surface area contributed by atoms with Crippen LogP contribution in [0.15, 0.2) is 12.1 Å². The van der Waals surface area contributed by atoms with Crippen molar-refractivity contribution >= 4 is 0 Å². The van der Waals surface area contributed by atoms with Crippen molar-refractivity contribution in [1.29, 1.82) is 0 Å². The van der Waals surface area contributed by atoms with Crippen LogP contribution in [0.4, 0.5) is 13.2 Å². The van der Waals surface area contributed by atoms with Crippen molar-refractivity contribution in [1.82, 2.24) is 10.3 Å². The lowest BCUT2D eigenvalue weighted by atomic mass is 10.1. The van der Waals surface area contributed by atoms with Gasteiger partial charge < -0.3 is 10.1 Å². The normalized spacial score (nSPS) is 14.1. The smallest absolute Gasteiger partial charge is 0.425 e. The van der Waals surface area contributed by atoms with E-state index in [-0.39, 0.29) is 11.4 Å². The average Bonchev–Trinajstić information content (AvgIpc) is 2.34. The second-order valence-electron chi connectivity index (χ2n) is 6.06. The van der Waals surface area contributed by atoms with E-state index in [0.29, 0.717) is 18.7 Å². The van der Waals surface area contributed by atoms with E-state index in [9.17, 15) is 13.2 Å². The molecule has 1 aromatic heterocycles. The van der Waals surface area contributed by atoms with Gasteiger partial charge in [-0.2, -0.15) is 13.2 Å². The average molecular weight is 304 g/mol. The largest absolute Gasteiger partial charge is 0.465 e.